The minimum absolute atomic E-state index is 0.0188. The van der Waals surface area contributed by atoms with E-state index >= 15 is 0 Å². The highest BCUT2D eigenvalue weighted by molar-refractivity contribution is 8.00. The third-order valence-corrected chi connectivity index (χ3v) is 6.92. The number of nitrogens with zero attached hydrogens (tertiary/aromatic N) is 1. The molecule has 2 amide bonds. The molecule has 1 N–H and O–H groups in total. The van der Waals surface area contributed by atoms with Crippen molar-refractivity contribution in [1.82, 2.24) is 4.90 Å². The molecule has 2 rings (SSSR count). The maximum atomic E-state index is 12.5. The lowest BCUT2D eigenvalue weighted by Gasteiger charge is -2.31. The van der Waals surface area contributed by atoms with Crippen LogP contribution in [0.25, 0.3) is 0 Å². The lowest BCUT2D eigenvalue weighted by molar-refractivity contribution is -0.139. The quantitative estimate of drug-likeness (QED) is 0.334. The molecule has 0 radical (unpaired) electrons. The van der Waals surface area contributed by atoms with Gasteiger partial charge in [-0.15, -0.1) is 11.8 Å². The van der Waals surface area contributed by atoms with Gasteiger partial charge >= 0.3 is 0 Å². The van der Waals surface area contributed by atoms with Crippen molar-refractivity contribution in [2.45, 2.75) is 56.6 Å². The third-order valence-electron chi connectivity index (χ3n) is 5.73. The first-order chi connectivity index (χ1) is 14.0. The predicted octanol–water partition coefficient (Wildman–Crippen LogP) is 2.05. The van der Waals surface area contributed by atoms with Gasteiger partial charge in [-0.2, -0.15) is 0 Å². The van der Waals surface area contributed by atoms with Crippen LogP contribution in [0.5, 0.6) is 0 Å². The van der Waals surface area contributed by atoms with Crippen LogP contribution in [0, 0.1) is 11.8 Å². The minimum atomic E-state index is -0.335. The standard InChI is InChI=1S/C21H35NO6S/c1-27-10-11-28-9-7-18(24)6-5-16-3-2-4-17(13-16)15-22-20(25)14-19(21(22)26)29-12-8-23/h16-17,19,23H,2-15H2,1H3. The fourth-order valence-corrected chi connectivity index (χ4v) is 5.10. The summed E-state index contributed by atoms with van der Waals surface area (Å²) in [5.74, 6) is 1.35. The first-order valence-corrected chi connectivity index (χ1v) is 11.7. The Morgan fingerprint density at radius 1 is 1.17 bits per heavy atom. The molecule has 1 heterocycles. The van der Waals surface area contributed by atoms with Gasteiger partial charge in [-0.3, -0.25) is 19.3 Å². The average Bonchev–Trinajstić information content (AvgIpc) is 2.98. The molecule has 1 aliphatic heterocycles. The summed E-state index contributed by atoms with van der Waals surface area (Å²) in [6.07, 6.45) is 6.36. The van der Waals surface area contributed by atoms with E-state index in [0.717, 1.165) is 32.1 Å². The van der Waals surface area contributed by atoms with Crippen LogP contribution in [0.3, 0.4) is 0 Å². The Bertz CT molecular complexity index is 543. The largest absolute Gasteiger partial charge is 0.396 e. The van der Waals surface area contributed by atoms with Crippen LogP contribution in [0.4, 0.5) is 0 Å². The third kappa shape index (κ3) is 8.36. The number of aliphatic hydroxyl groups is 1. The monoisotopic (exact) mass is 429 g/mol. The topological polar surface area (TPSA) is 93.1 Å². The summed E-state index contributed by atoms with van der Waals surface area (Å²) in [4.78, 5) is 38.2. The Balaban J connectivity index is 1.69. The number of ketones is 1. The van der Waals surface area contributed by atoms with Crippen molar-refractivity contribution in [3.8, 4) is 0 Å². The number of hydrogen-bond donors (Lipinski definition) is 1. The summed E-state index contributed by atoms with van der Waals surface area (Å²) >= 11 is 1.37. The number of thioether (sulfide) groups is 1. The molecule has 2 fully saturated rings. The molecule has 7 nitrogen and oxygen atoms in total. The van der Waals surface area contributed by atoms with Crippen LogP contribution in [0.15, 0.2) is 0 Å². The SMILES string of the molecule is COCCOCCC(=O)CCC1CCCC(CN2C(=O)CC(SCCO)C2=O)C1. The first kappa shape index (κ1) is 24.3. The summed E-state index contributed by atoms with van der Waals surface area (Å²) in [6, 6.07) is 0. The van der Waals surface area contributed by atoms with E-state index in [1.165, 1.54) is 16.7 Å². The zero-order chi connectivity index (χ0) is 21.1. The van der Waals surface area contributed by atoms with Crippen molar-refractivity contribution in [2.24, 2.45) is 11.8 Å². The van der Waals surface area contributed by atoms with E-state index in [0.29, 0.717) is 56.8 Å². The summed E-state index contributed by atoms with van der Waals surface area (Å²) in [6.45, 7) is 2.03. The molecule has 29 heavy (non-hydrogen) atoms. The first-order valence-electron chi connectivity index (χ1n) is 10.7. The van der Waals surface area contributed by atoms with E-state index in [1.807, 2.05) is 0 Å². The van der Waals surface area contributed by atoms with Gasteiger partial charge in [0.05, 0.1) is 31.7 Å². The van der Waals surface area contributed by atoms with Crippen LogP contribution >= 0.6 is 11.8 Å². The molecule has 1 saturated heterocycles. The summed E-state index contributed by atoms with van der Waals surface area (Å²) < 4.78 is 10.3. The van der Waals surface area contributed by atoms with E-state index in [2.05, 4.69) is 0 Å². The van der Waals surface area contributed by atoms with Gasteiger partial charge < -0.3 is 14.6 Å². The van der Waals surface area contributed by atoms with Crippen molar-refractivity contribution in [3.63, 3.8) is 0 Å². The molecule has 166 valence electrons. The average molecular weight is 430 g/mol. The molecule has 0 aromatic heterocycles. The molecule has 0 spiro atoms. The molecule has 8 heteroatoms. The van der Waals surface area contributed by atoms with E-state index in [9.17, 15) is 14.4 Å². The smallest absolute Gasteiger partial charge is 0.242 e. The van der Waals surface area contributed by atoms with Gasteiger partial charge in [-0.05, 0) is 31.1 Å². The molecule has 0 aromatic carbocycles. The lowest BCUT2D eigenvalue weighted by atomic mass is 9.79. The van der Waals surface area contributed by atoms with E-state index < -0.39 is 0 Å². The fourth-order valence-electron chi connectivity index (χ4n) is 4.18. The number of hydrogen-bond acceptors (Lipinski definition) is 7. The summed E-state index contributed by atoms with van der Waals surface area (Å²) in [7, 11) is 1.62. The fraction of sp³-hybridized carbons (Fsp3) is 0.857. The van der Waals surface area contributed by atoms with E-state index in [4.69, 9.17) is 14.6 Å². The van der Waals surface area contributed by atoms with Crippen LogP contribution in [0.2, 0.25) is 0 Å². The van der Waals surface area contributed by atoms with Crippen LogP contribution in [0.1, 0.15) is 51.4 Å². The number of ether oxygens (including phenoxy) is 2. The van der Waals surface area contributed by atoms with Crippen LogP contribution in [-0.4, -0.2) is 78.7 Å². The van der Waals surface area contributed by atoms with Gasteiger partial charge in [-0.25, -0.2) is 0 Å². The second-order valence-corrected chi connectivity index (χ2v) is 9.27. The zero-order valence-electron chi connectivity index (χ0n) is 17.5. The number of rotatable bonds is 14. The minimum Gasteiger partial charge on any atom is -0.396 e. The van der Waals surface area contributed by atoms with Gasteiger partial charge in [0, 0.05) is 38.7 Å². The number of methoxy groups -OCH3 is 1. The summed E-state index contributed by atoms with van der Waals surface area (Å²) in [5, 5.41) is 8.60. The van der Waals surface area contributed by atoms with Gasteiger partial charge in [0.15, 0.2) is 0 Å². The van der Waals surface area contributed by atoms with Gasteiger partial charge in [-0.1, -0.05) is 12.8 Å². The molecule has 2 aliphatic rings. The zero-order valence-corrected chi connectivity index (χ0v) is 18.3. The molecule has 3 unspecified atom stereocenters. The Morgan fingerprint density at radius 3 is 2.72 bits per heavy atom. The highest BCUT2D eigenvalue weighted by atomic mass is 32.2. The number of aliphatic hydroxyl groups excluding tert-OH is 1. The van der Waals surface area contributed by atoms with Crippen molar-refractivity contribution in [2.75, 3.05) is 45.8 Å². The number of amides is 2. The summed E-state index contributed by atoms with van der Waals surface area (Å²) in [5.41, 5.74) is 0. The number of carbonyl (C=O) groups is 3. The van der Waals surface area contributed by atoms with Crippen molar-refractivity contribution in [3.05, 3.63) is 0 Å². The Hall–Kier alpha value is -0.960. The predicted molar refractivity (Wildman–Crippen MR) is 112 cm³/mol. The maximum Gasteiger partial charge on any atom is 0.242 e. The highest BCUT2D eigenvalue weighted by Gasteiger charge is 2.40. The molecular formula is C21H35NO6S. The van der Waals surface area contributed by atoms with E-state index in [1.54, 1.807) is 7.11 Å². The molecular weight excluding hydrogens is 394 g/mol. The highest BCUT2D eigenvalue weighted by Crippen LogP contribution is 2.34. The number of likely N-dealkylation sites (tertiary alicyclic amines) is 1. The molecule has 3 atom stereocenters. The van der Waals surface area contributed by atoms with Crippen LogP contribution < -0.4 is 0 Å². The van der Waals surface area contributed by atoms with E-state index in [-0.39, 0.29) is 35.9 Å². The Morgan fingerprint density at radius 2 is 1.97 bits per heavy atom. The number of Topliss-reactive ketones (excluding diaryl/α,β-unsaturated/α-hetero) is 1. The second-order valence-electron chi connectivity index (χ2n) is 7.96. The second kappa shape index (κ2) is 13.4. The molecule has 0 aromatic rings. The van der Waals surface area contributed by atoms with Gasteiger partial charge in [0.2, 0.25) is 11.8 Å². The normalized spacial score (nSPS) is 25.0. The number of imide groups is 1. The van der Waals surface area contributed by atoms with Crippen LogP contribution in [-0.2, 0) is 23.9 Å². The Labute approximate surface area is 177 Å². The van der Waals surface area contributed by atoms with Gasteiger partial charge in [0.25, 0.3) is 0 Å². The van der Waals surface area contributed by atoms with Gasteiger partial charge in [0.1, 0.15) is 5.78 Å². The van der Waals surface area contributed by atoms with Crippen molar-refractivity contribution in [1.29, 1.82) is 0 Å². The maximum absolute atomic E-state index is 12.5. The van der Waals surface area contributed by atoms with Crippen molar-refractivity contribution < 1.29 is 29.0 Å². The Kier molecular flexibility index (Phi) is 11.2. The molecule has 1 aliphatic carbocycles. The van der Waals surface area contributed by atoms with Crippen molar-refractivity contribution >= 4 is 29.4 Å². The number of carbonyl (C=O) groups excluding carboxylic acids is 3. The molecule has 0 bridgehead atoms. The lowest BCUT2D eigenvalue weighted by Crippen LogP contribution is -2.37. The molecule has 1 saturated carbocycles.